The van der Waals surface area contributed by atoms with Gasteiger partial charge >= 0.3 is 0 Å². The van der Waals surface area contributed by atoms with Crippen LogP contribution in [0, 0.1) is 0 Å². The topological polar surface area (TPSA) is 18.5 Å². The molecule has 1 rings (SSSR count). The molecule has 0 radical (unpaired) electrons. The van der Waals surface area contributed by atoms with E-state index in [2.05, 4.69) is 0 Å². The van der Waals surface area contributed by atoms with Gasteiger partial charge < -0.3 is 9.47 Å². The Morgan fingerprint density at radius 1 is 1.00 bits per heavy atom. The summed E-state index contributed by atoms with van der Waals surface area (Å²) < 4.78 is 10.3. The Hall–Kier alpha value is -0.600. The van der Waals surface area contributed by atoms with Gasteiger partial charge in [0.1, 0.15) is 11.5 Å². The molecule has 0 atom stereocenters. The molecular formula is C12H18Cl2O2. The van der Waals surface area contributed by atoms with Crippen molar-refractivity contribution in [1.29, 1.82) is 0 Å². The highest BCUT2D eigenvalue weighted by molar-refractivity contribution is 6.38. The van der Waals surface area contributed by atoms with Gasteiger partial charge in [-0.25, -0.2) is 0 Å². The van der Waals surface area contributed by atoms with Gasteiger partial charge in [-0.1, -0.05) is 44.5 Å². The number of methoxy groups -OCH3 is 2. The van der Waals surface area contributed by atoms with Crippen molar-refractivity contribution in [1.82, 2.24) is 0 Å². The van der Waals surface area contributed by atoms with E-state index in [-0.39, 0.29) is 13.3 Å². The highest BCUT2D eigenvalue weighted by Gasteiger charge is 2.18. The third-order valence-electron chi connectivity index (χ3n) is 2.18. The normalized spacial score (nSPS) is 9.94. The van der Waals surface area contributed by atoms with Crippen molar-refractivity contribution in [3.05, 3.63) is 21.7 Å². The molecule has 0 N–H and O–H groups in total. The summed E-state index contributed by atoms with van der Waals surface area (Å²) in [4.78, 5) is 0. The molecule has 0 aliphatic heterocycles. The van der Waals surface area contributed by atoms with Gasteiger partial charge in [-0.05, 0) is 11.5 Å². The summed E-state index contributed by atoms with van der Waals surface area (Å²) in [5.74, 6) is 1.39. The molecule has 16 heavy (non-hydrogen) atoms. The lowest BCUT2D eigenvalue weighted by atomic mass is 10.0. The largest absolute Gasteiger partial charge is 0.495 e. The van der Waals surface area contributed by atoms with Crippen molar-refractivity contribution in [3.8, 4) is 11.5 Å². The molecule has 2 nitrogen and oxygen atoms in total. The average molecular weight is 265 g/mol. The number of halogens is 2. The van der Waals surface area contributed by atoms with Gasteiger partial charge in [0.25, 0.3) is 0 Å². The summed E-state index contributed by atoms with van der Waals surface area (Å²) in [7, 11) is 3.14. The van der Waals surface area contributed by atoms with Crippen molar-refractivity contribution in [3.63, 3.8) is 0 Å². The van der Waals surface area contributed by atoms with Crippen LogP contribution >= 0.6 is 23.2 Å². The summed E-state index contributed by atoms with van der Waals surface area (Å²) in [6.45, 7) is 4.04. The van der Waals surface area contributed by atoms with Crippen LogP contribution in [0.3, 0.4) is 0 Å². The molecule has 4 heteroatoms. The fourth-order valence-electron chi connectivity index (χ4n) is 1.41. The zero-order valence-electron chi connectivity index (χ0n) is 9.23. The fourth-order valence-corrected chi connectivity index (χ4v) is 2.35. The third kappa shape index (κ3) is 2.74. The minimum absolute atomic E-state index is 0. The molecule has 0 aromatic heterocycles. The van der Waals surface area contributed by atoms with E-state index >= 15 is 0 Å². The van der Waals surface area contributed by atoms with Gasteiger partial charge in [0, 0.05) is 6.07 Å². The highest BCUT2D eigenvalue weighted by atomic mass is 35.5. The molecule has 0 heterocycles. The van der Waals surface area contributed by atoms with E-state index in [1.807, 2.05) is 13.8 Å². The van der Waals surface area contributed by atoms with Crippen LogP contribution in [0.15, 0.2) is 6.07 Å². The Balaban J connectivity index is 0.00000225. The Morgan fingerprint density at radius 2 is 1.38 bits per heavy atom. The lowest BCUT2D eigenvalue weighted by Crippen LogP contribution is -1.97. The first-order valence-electron chi connectivity index (χ1n) is 4.62. The molecule has 0 unspecified atom stereocenters. The predicted molar refractivity (Wildman–Crippen MR) is 70.4 cm³/mol. The SMILES string of the molecule is C.COc1cc(OC)c(Cl)c(C(C)C)c1Cl. The van der Waals surface area contributed by atoms with Crippen molar-refractivity contribution in [2.45, 2.75) is 27.2 Å². The third-order valence-corrected chi connectivity index (χ3v) is 2.96. The molecule has 1 aromatic rings. The van der Waals surface area contributed by atoms with E-state index in [0.29, 0.717) is 21.5 Å². The van der Waals surface area contributed by atoms with Gasteiger partial charge in [-0.15, -0.1) is 0 Å². The molecule has 0 aliphatic carbocycles. The van der Waals surface area contributed by atoms with E-state index < -0.39 is 0 Å². The first-order chi connectivity index (χ1) is 7.02. The van der Waals surface area contributed by atoms with E-state index in [1.54, 1.807) is 20.3 Å². The van der Waals surface area contributed by atoms with Gasteiger partial charge in [-0.2, -0.15) is 0 Å². The molecule has 92 valence electrons. The van der Waals surface area contributed by atoms with Crippen LogP contribution in [-0.4, -0.2) is 14.2 Å². The molecule has 1 aromatic carbocycles. The van der Waals surface area contributed by atoms with Gasteiger partial charge in [0.15, 0.2) is 0 Å². The van der Waals surface area contributed by atoms with Crippen LogP contribution in [-0.2, 0) is 0 Å². The quantitative estimate of drug-likeness (QED) is 0.783. The minimum Gasteiger partial charge on any atom is -0.495 e. The molecule has 0 saturated heterocycles. The summed E-state index contributed by atoms with van der Waals surface area (Å²) in [6, 6.07) is 1.69. The first-order valence-corrected chi connectivity index (χ1v) is 5.38. The van der Waals surface area contributed by atoms with Crippen LogP contribution in [0.4, 0.5) is 0 Å². The zero-order valence-corrected chi connectivity index (χ0v) is 10.7. The van der Waals surface area contributed by atoms with Crippen LogP contribution in [0.25, 0.3) is 0 Å². The summed E-state index contributed by atoms with van der Waals surface area (Å²) in [5.41, 5.74) is 0.856. The molecule has 0 amide bonds. The van der Waals surface area contributed by atoms with Gasteiger partial charge in [0.05, 0.1) is 24.3 Å². The van der Waals surface area contributed by atoms with Crippen molar-refractivity contribution in [2.75, 3.05) is 14.2 Å². The monoisotopic (exact) mass is 264 g/mol. The fraction of sp³-hybridized carbons (Fsp3) is 0.500. The predicted octanol–water partition coefficient (Wildman–Crippen LogP) is 4.77. The highest BCUT2D eigenvalue weighted by Crippen LogP contribution is 2.43. The Kier molecular flexibility index (Phi) is 5.98. The maximum Gasteiger partial charge on any atom is 0.141 e. The number of benzene rings is 1. The zero-order chi connectivity index (χ0) is 11.6. The van der Waals surface area contributed by atoms with Gasteiger partial charge in [0.2, 0.25) is 0 Å². The maximum atomic E-state index is 6.17. The second kappa shape index (κ2) is 6.21. The second-order valence-electron chi connectivity index (χ2n) is 3.48. The molecule has 0 spiro atoms. The van der Waals surface area contributed by atoms with Crippen molar-refractivity contribution in [2.24, 2.45) is 0 Å². The van der Waals surface area contributed by atoms with Crippen LogP contribution < -0.4 is 9.47 Å². The molecule has 0 aliphatic rings. The molecule has 0 fully saturated rings. The molecule has 0 saturated carbocycles. The van der Waals surface area contributed by atoms with E-state index in [4.69, 9.17) is 32.7 Å². The second-order valence-corrected chi connectivity index (χ2v) is 4.23. The van der Waals surface area contributed by atoms with Crippen LogP contribution in [0.1, 0.15) is 32.8 Å². The van der Waals surface area contributed by atoms with Crippen molar-refractivity contribution >= 4 is 23.2 Å². The van der Waals surface area contributed by atoms with Gasteiger partial charge in [-0.3, -0.25) is 0 Å². The Labute approximate surface area is 107 Å². The average Bonchev–Trinajstić information content (AvgIpc) is 2.18. The summed E-state index contributed by atoms with van der Waals surface area (Å²) >= 11 is 12.3. The standard InChI is InChI=1S/C11H14Cl2O2.CH4/c1-6(2)9-10(12)7(14-3)5-8(15-4)11(9)13;/h5-6H,1-4H3;1H4. The number of ether oxygens (including phenoxy) is 2. The van der Waals surface area contributed by atoms with E-state index in [1.165, 1.54) is 0 Å². The van der Waals surface area contributed by atoms with Crippen molar-refractivity contribution < 1.29 is 9.47 Å². The minimum atomic E-state index is 0. The van der Waals surface area contributed by atoms with E-state index in [0.717, 1.165) is 5.56 Å². The lowest BCUT2D eigenvalue weighted by molar-refractivity contribution is 0.393. The molecular weight excluding hydrogens is 247 g/mol. The number of rotatable bonds is 3. The smallest absolute Gasteiger partial charge is 0.141 e. The lowest BCUT2D eigenvalue weighted by Gasteiger charge is -2.16. The molecule has 0 bridgehead atoms. The maximum absolute atomic E-state index is 6.17. The summed E-state index contributed by atoms with van der Waals surface area (Å²) in [6.07, 6.45) is 0. The van der Waals surface area contributed by atoms with E-state index in [9.17, 15) is 0 Å². The summed E-state index contributed by atoms with van der Waals surface area (Å²) in [5, 5.41) is 1.11. The van der Waals surface area contributed by atoms with Crippen LogP contribution in [0.5, 0.6) is 11.5 Å². The number of hydrogen-bond acceptors (Lipinski definition) is 2. The Bertz CT molecular complexity index is 334. The van der Waals surface area contributed by atoms with Crippen LogP contribution in [0.2, 0.25) is 10.0 Å². The Morgan fingerprint density at radius 3 is 1.62 bits per heavy atom. The number of hydrogen-bond donors (Lipinski definition) is 0. The first kappa shape index (κ1) is 15.4.